The van der Waals surface area contributed by atoms with E-state index in [0.717, 1.165) is 32.1 Å². The molecular weight excluding hydrogens is 258 g/mol. The van der Waals surface area contributed by atoms with Gasteiger partial charge in [0.05, 0.1) is 17.9 Å². The van der Waals surface area contributed by atoms with Crippen LogP contribution in [0.4, 0.5) is 0 Å². The van der Waals surface area contributed by atoms with Crippen molar-refractivity contribution in [1.29, 1.82) is 0 Å². The van der Waals surface area contributed by atoms with Crippen LogP contribution in [-0.4, -0.2) is 47.7 Å². The summed E-state index contributed by atoms with van der Waals surface area (Å²) in [6.07, 6.45) is 5.24. The van der Waals surface area contributed by atoms with Crippen molar-refractivity contribution < 1.29 is 19.4 Å². The van der Waals surface area contributed by atoms with E-state index in [1.54, 1.807) is 0 Å². The van der Waals surface area contributed by atoms with Crippen molar-refractivity contribution in [2.45, 2.75) is 51.6 Å². The predicted molar refractivity (Wildman–Crippen MR) is 74.3 cm³/mol. The molecule has 0 aromatic carbocycles. The van der Waals surface area contributed by atoms with Crippen molar-refractivity contribution in [1.82, 2.24) is 4.90 Å². The summed E-state index contributed by atoms with van der Waals surface area (Å²) in [5.74, 6) is -1.56. The van der Waals surface area contributed by atoms with Gasteiger partial charge in [-0.1, -0.05) is 12.8 Å². The minimum absolute atomic E-state index is 0.0482. The molecule has 0 bridgehead atoms. The third kappa shape index (κ3) is 3.51. The van der Waals surface area contributed by atoms with Gasteiger partial charge in [0.25, 0.3) is 0 Å². The second-order valence-corrected chi connectivity index (χ2v) is 5.82. The summed E-state index contributed by atoms with van der Waals surface area (Å²) in [6, 6.07) is 0. The molecule has 5 nitrogen and oxygen atoms in total. The van der Waals surface area contributed by atoms with E-state index in [2.05, 4.69) is 0 Å². The molecule has 1 saturated heterocycles. The zero-order chi connectivity index (χ0) is 14.5. The number of amides is 1. The first-order valence-electron chi connectivity index (χ1n) is 7.76. The third-order valence-electron chi connectivity index (χ3n) is 4.56. The van der Waals surface area contributed by atoms with Crippen LogP contribution in [0.1, 0.15) is 45.4 Å². The normalized spacial score (nSPS) is 28.4. The van der Waals surface area contributed by atoms with Crippen LogP contribution >= 0.6 is 0 Å². The summed E-state index contributed by atoms with van der Waals surface area (Å²) in [5.41, 5.74) is 0. The van der Waals surface area contributed by atoms with Crippen molar-refractivity contribution in [3.8, 4) is 0 Å². The molecule has 2 atom stereocenters. The highest BCUT2D eigenvalue weighted by atomic mass is 16.5. The largest absolute Gasteiger partial charge is 0.481 e. The Bertz CT molecular complexity index is 350. The van der Waals surface area contributed by atoms with Gasteiger partial charge < -0.3 is 14.7 Å². The highest BCUT2D eigenvalue weighted by Crippen LogP contribution is 2.32. The molecule has 1 aliphatic heterocycles. The number of ether oxygens (including phenoxy) is 1. The van der Waals surface area contributed by atoms with E-state index >= 15 is 0 Å². The van der Waals surface area contributed by atoms with Crippen LogP contribution in [0.25, 0.3) is 0 Å². The molecule has 1 N–H and O–H groups in total. The highest BCUT2D eigenvalue weighted by Gasteiger charge is 2.38. The van der Waals surface area contributed by atoms with E-state index in [9.17, 15) is 14.7 Å². The first-order chi connectivity index (χ1) is 9.63. The molecule has 1 saturated carbocycles. The Hall–Kier alpha value is -1.10. The lowest BCUT2D eigenvalue weighted by Gasteiger charge is -2.36. The molecule has 2 rings (SSSR count). The molecular formula is C15H25NO4. The number of hydrogen-bond donors (Lipinski definition) is 1. The first kappa shape index (κ1) is 15.3. The lowest BCUT2D eigenvalue weighted by Crippen LogP contribution is -2.47. The second-order valence-electron chi connectivity index (χ2n) is 5.82. The van der Waals surface area contributed by atoms with Crippen LogP contribution in [0.5, 0.6) is 0 Å². The lowest BCUT2D eigenvalue weighted by atomic mass is 9.78. The van der Waals surface area contributed by atoms with Crippen molar-refractivity contribution in [2.24, 2.45) is 11.8 Å². The van der Waals surface area contributed by atoms with Gasteiger partial charge in [0.15, 0.2) is 0 Å². The van der Waals surface area contributed by atoms with Gasteiger partial charge >= 0.3 is 5.97 Å². The maximum absolute atomic E-state index is 12.6. The summed E-state index contributed by atoms with van der Waals surface area (Å²) < 4.78 is 5.58. The lowest BCUT2D eigenvalue weighted by molar-refractivity contribution is -0.153. The average molecular weight is 283 g/mol. The Kier molecular flexibility index (Phi) is 5.40. The van der Waals surface area contributed by atoms with Crippen LogP contribution < -0.4 is 0 Å². The SMILES string of the molecule is CCOC1CCN(C(=O)[C@@H]2CCCC[C@@H]2C(=O)O)CC1. The molecule has 5 heteroatoms. The second kappa shape index (κ2) is 7.07. The molecule has 0 aromatic rings. The number of piperidine rings is 1. The molecule has 20 heavy (non-hydrogen) atoms. The predicted octanol–water partition coefficient (Wildman–Crippen LogP) is 1.90. The van der Waals surface area contributed by atoms with Gasteiger partial charge in [-0.2, -0.15) is 0 Å². The number of hydrogen-bond acceptors (Lipinski definition) is 3. The van der Waals surface area contributed by atoms with Gasteiger partial charge in [0, 0.05) is 19.7 Å². The Morgan fingerprint density at radius 2 is 1.70 bits per heavy atom. The van der Waals surface area contributed by atoms with Gasteiger partial charge in [0.1, 0.15) is 0 Å². The number of carbonyl (C=O) groups excluding carboxylic acids is 1. The summed E-state index contributed by atoms with van der Waals surface area (Å²) >= 11 is 0. The number of carbonyl (C=O) groups is 2. The number of rotatable bonds is 4. The number of nitrogens with zero attached hydrogens (tertiary/aromatic N) is 1. The number of carboxylic acids is 1. The number of aliphatic carboxylic acids is 1. The fourth-order valence-electron chi connectivity index (χ4n) is 3.44. The molecule has 0 spiro atoms. The van der Waals surface area contributed by atoms with Gasteiger partial charge in [-0.25, -0.2) is 0 Å². The molecule has 2 aliphatic rings. The smallest absolute Gasteiger partial charge is 0.307 e. The van der Waals surface area contributed by atoms with Crippen LogP contribution in [-0.2, 0) is 14.3 Å². The number of carboxylic acid groups (broad SMARTS) is 1. The van der Waals surface area contributed by atoms with E-state index in [1.165, 1.54) is 0 Å². The van der Waals surface area contributed by atoms with Crippen LogP contribution in [0, 0.1) is 11.8 Å². The van der Waals surface area contributed by atoms with Crippen molar-refractivity contribution in [2.75, 3.05) is 19.7 Å². The minimum Gasteiger partial charge on any atom is -0.481 e. The molecule has 1 aliphatic carbocycles. The third-order valence-corrected chi connectivity index (χ3v) is 4.56. The first-order valence-corrected chi connectivity index (χ1v) is 7.76. The monoisotopic (exact) mass is 283 g/mol. The molecule has 114 valence electrons. The van der Waals surface area contributed by atoms with Crippen LogP contribution in [0.3, 0.4) is 0 Å². The zero-order valence-corrected chi connectivity index (χ0v) is 12.2. The van der Waals surface area contributed by atoms with Crippen LogP contribution in [0.2, 0.25) is 0 Å². The molecule has 0 aromatic heterocycles. The van der Waals surface area contributed by atoms with Crippen molar-refractivity contribution >= 4 is 11.9 Å². The standard InChI is InChI=1S/C15H25NO4/c1-2-20-11-7-9-16(10-8-11)14(17)12-5-3-4-6-13(12)15(18)19/h11-13H,2-10H2,1H3,(H,18,19)/t12-,13+/m1/s1. The Morgan fingerprint density at radius 1 is 1.10 bits per heavy atom. The average Bonchev–Trinajstić information content (AvgIpc) is 2.47. The van der Waals surface area contributed by atoms with Gasteiger partial charge in [-0.15, -0.1) is 0 Å². The van der Waals surface area contributed by atoms with E-state index in [0.29, 0.717) is 26.1 Å². The van der Waals surface area contributed by atoms with Gasteiger partial charge in [-0.05, 0) is 32.6 Å². The summed E-state index contributed by atoms with van der Waals surface area (Å²) in [6.45, 7) is 4.10. The van der Waals surface area contributed by atoms with Crippen LogP contribution in [0.15, 0.2) is 0 Å². The van der Waals surface area contributed by atoms with Crippen molar-refractivity contribution in [3.05, 3.63) is 0 Å². The van der Waals surface area contributed by atoms with E-state index in [4.69, 9.17) is 4.74 Å². The maximum atomic E-state index is 12.6. The van der Waals surface area contributed by atoms with E-state index in [1.807, 2.05) is 11.8 Å². The van der Waals surface area contributed by atoms with E-state index in [-0.39, 0.29) is 17.9 Å². The summed E-state index contributed by atoms with van der Waals surface area (Å²) in [5, 5.41) is 9.28. The maximum Gasteiger partial charge on any atom is 0.307 e. The Morgan fingerprint density at radius 3 is 2.25 bits per heavy atom. The molecule has 1 heterocycles. The fourth-order valence-corrected chi connectivity index (χ4v) is 3.44. The van der Waals surface area contributed by atoms with Crippen molar-refractivity contribution in [3.63, 3.8) is 0 Å². The topological polar surface area (TPSA) is 66.8 Å². The number of likely N-dealkylation sites (tertiary alicyclic amines) is 1. The zero-order valence-electron chi connectivity index (χ0n) is 12.2. The Balaban J connectivity index is 1.92. The molecule has 1 amide bonds. The molecule has 0 radical (unpaired) electrons. The Labute approximate surface area is 120 Å². The van der Waals surface area contributed by atoms with E-state index < -0.39 is 11.9 Å². The van der Waals surface area contributed by atoms with Gasteiger partial charge in [0.2, 0.25) is 5.91 Å². The summed E-state index contributed by atoms with van der Waals surface area (Å²) in [7, 11) is 0. The highest BCUT2D eigenvalue weighted by molar-refractivity contribution is 5.85. The summed E-state index contributed by atoms with van der Waals surface area (Å²) in [4.78, 5) is 25.7. The fraction of sp³-hybridized carbons (Fsp3) is 0.867. The molecule has 2 fully saturated rings. The molecule has 0 unspecified atom stereocenters. The minimum atomic E-state index is -0.813. The quantitative estimate of drug-likeness (QED) is 0.855. The van der Waals surface area contributed by atoms with Gasteiger partial charge in [-0.3, -0.25) is 9.59 Å².